The number of hydrogen-bond acceptors (Lipinski definition) is 1. The average Bonchev–Trinajstić information content (AvgIpc) is 2.53. The lowest BCUT2D eigenvalue weighted by Crippen LogP contribution is -2.36. The van der Waals surface area contributed by atoms with Gasteiger partial charge in [-0.15, -0.1) is 0 Å². The molecule has 1 nitrogen and oxygen atoms in total. The van der Waals surface area contributed by atoms with Crippen LogP contribution in [0.5, 0.6) is 0 Å². The summed E-state index contributed by atoms with van der Waals surface area (Å²) in [5.41, 5.74) is 5.21. The van der Waals surface area contributed by atoms with Gasteiger partial charge in [-0.1, -0.05) is 39.3 Å². The van der Waals surface area contributed by atoms with E-state index < -0.39 is 0 Å². The number of rotatable bonds is 0. The minimum atomic E-state index is 0.266. The molecule has 0 unspecified atom stereocenters. The SMILES string of the molecule is CC(C)(C)c1ccc2c(c1)C1(CCC1)CN2. The maximum Gasteiger partial charge on any atom is 0.0379 e. The Hall–Kier alpha value is -0.980. The van der Waals surface area contributed by atoms with Crippen molar-refractivity contribution in [3.05, 3.63) is 29.3 Å². The van der Waals surface area contributed by atoms with Crippen molar-refractivity contribution in [3.8, 4) is 0 Å². The molecule has 0 atom stereocenters. The zero-order valence-electron chi connectivity index (χ0n) is 10.6. The third-order valence-electron chi connectivity index (χ3n) is 4.38. The quantitative estimate of drug-likeness (QED) is 0.693. The van der Waals surface area contributed by atoms with E-state index in [0.29, 0.717) is 5.41 Å². The van der Waals surface area contributed by atoms with Crippen LogP contribution in [0.2, 0.25) is 0 Å². The lowest BCUT2D eigenvalue weighted by atomic mass is 9.65. The Bertz CT molecular complexity index is 422. The molecule has 16 heavy (non-hydrogen) atoms. The molecule has 1 N–H and O–H groups in total. The summed E-state index contributed by atoms with van der Waals surface area (Å²) in [4.78, 5) is 0. The van der Waals surface area contributed by atoms with Crippen molar-refractivity contribution in [2.45, 2.75) is 50.9 Å². The van der Waals surface area contributed by atoms with Gasteiger partial charge >= 0.3 is 0 Å². The molecule has 1 aliphatic carbocycles. The first-order valence-electron chi connectivity index (χ1n) is 6.40. The molecule has 1 saturated carbocycles. The van der Waals surface area contributed by atoms with Crippen LogP contribution >= 0.6 is 0 Å². The van der Waals surface area contributed by atoms with E-state index in [2.05, 4.69) is 44.3 Å². The first kappa shape index (κ1) is 10.2. The van der Waals surface area contributed by atoms with Crippen LogP contribution in [0.1, 0.15) is 51.2 Å². The predicted molar refractivity (Wildman–Crippen MR) is 69.2 cm³/mol. The molecule has 1 heterocycles. The minimum Gasteiger partial charge on any atom is -0.384 e. The molecule has 0 radical (unpaired) electrons. The van der Waals surface area contributed by atoms with Gasteiger partial charge in [-0.2, -0.15) is 0 Å². The number of benzene rings is 1. The van der Waals surface area contributed by atoms with Crippen LogP contribution in [0.15, 0.2) is 18.2 Å². The van der Waals surface area contributed by atoms with Gasteiger partial charge in [-0.05, 0) is 35.4 Å². The van der Waals surface area contributed by atoms with Gasteiger partial charge in [-0.3, -0.25) is 0 Å². The highest BCUT2D eigenvalue weighted by atomic mass is 14.9. The van der Waals surface area contributed by atoms with Gasteiger partial charge in [-0.25, -0.2) is 0 Å². The number of nitrogens with one attached hydrogen (secondary N) is 1. The fourth-order valence-corrected chi connectivity index (χ4v) is 3.01. The Morgan fingerprint density at radius 2 is 1.94 bits per heavy atom. The molecular weight excluding hydrogens is 194 g/mol. The van der Waals surface area contributed by atoms with Crippen molar-refractivity contribution < 1.29 is 0 Å². The predicted octanol–water partition coefficient (Wildman–Crippen LogP) is 3.83. The molecule has 1 aromatic carbocycles. The number of hydrogen-bond donors (Lipinski definition) is 1. The molecule has 1 fully saturated rings. The van der Waals surface area contributed by atoms with Gasteiger partial charge in [0.15, 0.2) is 0 Å². The Kier molecular flexibility index (Phi) is 1.93. The molecular formula is C15H21N. The molecule has 1 aliphatic heterocycles. The Labute approximate surface area is 98.3 Å². The Morgan fingerprint density at radius 3 is 2.50 bits per heavy atom. The highest BCUT2D eigenvalue weighted by molar-refractivity contribution is 5.62. The molecule has 2 aliphatic rings. The second-order valence-corrected chi connectivity index (χ2v) is 6.50. The maximum atomic E-state index is 3.57. The highest BCUT2D eigenvalue weighted by Gasteiger charge is 2.43. The van der Waals surface area contributed by atoms with Crippen LogP contribution in [0.4, 0.5) is 5.69 Å². The fraction of sp³-hybridized carbons (Fsp3) is 0.600. The summed E-state index contributed by atoms with van der Waals surface area (Å²) in [7, 11) is 0. The molecule has 3 rings (SSSR count). The first-order valence-corrected chi connectivity index (χ1v) is 6.40. The van der Waals surface area contributed by atoms with Crippen LogP contribution < -0.4 is 5.32 Å². The molecule has 1 heteroatoms. The van der Waals surface area contributed by atoms with Crippen molar-refractivity contribution in [1.29, 1.82) is 0 Å². The van der Waals surface area contributed by atoms with E-state index >= 15 is 0 Å². The van der Waals surface area contributed by atoms with Crippen molar-refractivity contribution in [3.63, 3.8) is 0 Å². The van der Waals surface area contributed by atoms with Gasteiger partial charge in [0.1, 0.15) is 0 Å². The molecule has 0 saturated heterocycles. The first-order chi connectivity index (χ1) is 7.51. The summed E-state index contributed by atoms with van der Waals surface area (Å²) in [6.45, 7) is 8.05. The molecule has 0 bridgehead atoms. The summed E-state index contributed by atoms with van der Waals surface area (Å²) in [5.74, 6) is 0. The van der Waals surface area contributed by atoms with Gasteiger partial charge < -0.3 is 5.32 Å². The van der Waals surface area contributed by atoms with E-state index in [1.807, 2.05) is 0 Å². The number of anilines is 1. The molecule has 0 aromatic heterocycles. The molecule has 1 spiro atoms. The van der Waals surface area contributed by atoms with Crippen molar-refractivity contribution in [2.24, 2.45) is 0 Å². The largest absolute Gasteiger partial charge is 0.384 e. The van der Waals surface area contributed by atoms with Gasteiger partial charge in [0.05, 0.1) is 0 Å². The maximum absolute atomic E-state index is 3.57. The minimum absolute atomic E-state index is 0.266. The smallest absolute Gasteiger partial charge is 0.0379 e. The summed E-state index contributed by atoms with van der Waals surface area (Å²) in [5, 5.41) is 3.57. The number of fused-ring (bicyclic) bond motifs is 2. The van der Waals surface area contributed by atoms with Crippen molar-refractivity contribution in [1.82, 2.24) is 0 Å². The summed E-state index contributed by atoms with van der Waals surface area (Å²) < 4.78 is 0. The monoisotopic (exact) mass is 215 g/mol. The van der Waals surface area contributed by atoms with Crippen LogP contribution in [0.3, 0.4) is 0 Å². The summed E-state index contributed by atoms with van der Waals surface area (Å²) >= 11 is 0. The fourth-order valence-electron chi connectivity index (χ4n) is 3.01. The molecule has 0 amide bonds. The lowest BCUT2D eigenvalue weighted by Gasteiger charge is -2.38. The van der Waals surface area contributed by atoms with Crippen LogP contribution in [-0.4, -0.2) is 6.54 Å². The van der Waals surface area contributed by atoms with Crippen LogP contribution in [0.25, 0.3) is 0 Å². The van der Waals surface area contributed by atoms with E-state index in [1.165, 1.54) is 30.5 Å². The third-order valence-corrected chi connectivity index (χ3v) is 4.38. The normalized spacial score (nSPS) is 21.4. The molecule has 1 aromatic rings. The third kappa shape index (κ3) is 1.30. The standard InChI is InChI=1S/C15H21N/c1-14(2,3)11-5-6-13-12(9-11)15(10-16-13)7-4-8-15/h5-6,9,16H,4,7-8,10H2,1-3H3. The van der Waals surface area contributed by atoms with Crippen molar-refractivity contribution in [2.75, 3.05) is 11.9 Å². The zero-order chi connectivity index (χ0) is 11.4. The van der Waals surface area contributed by atoms with E-state index in [1.54, 1.807) is 5.56 Å². The lowest BCUT2D eigenvalue weighted by molar-refractivity contribution is 0.272. The highest BCUT2D eigenvalue weighted by Crippen LogP contribution is 2.50. The van der Waals surface area contributed by atoms with Gasteiger partial charge in [0.25, 0.3) is 0 Å². The topological polar surface area (TPSA) is 12.0 Å². The Morgan fingerprint density at radius 1 is 1.19 bits per heavy atom. The Balaban J connectivity index is 2.07. The van der Waals surface area contributed by atoms with E-state index in [4.69, 9.17) is 0 Å². The second-order valence-electron chi connectivity index (χ2n) is 6.50. The molecule has 86 valence electrons. The van der Waals surface area contributed by atoms with Crippen LogP contribution in [0, 0.1) is 0 Å². The van der Waals surface area contributed by atoms with E-state index in [-0.39, 0.29) is 5.41 Å². The zero-order valence-corrected chi connectivity index (χ0v) is 10.6. The van der Waals surface area contributed by atoms with Crippen LogP contribution in [-0.2, 0) is 10.8 Å². The summed E-state index contributed by atoms with van der Waals surface area (Å²) in [6.07, 6.45) is 4.15. The summed E-state index contributed by atoms with van der Waals surface area (Å²) in [6, 6.07) is 7.01. The van der Waals surface area contributed by atoms with E-state index in [0.717, 1.165) is 6.54 Å². The van der Waals surface area contributed by atoms with E-state index in [9.17, 15) is 0 Å². The van der Waals surface area contributed by atoms with Gasteiger partial charge in [0.2, 0.25) is 0 Å². The van der Waals surface area contributed by atoms with Gasteiger partial charge in [0, 0.05) is 17.6 Å². The second kappa shape index (κ2) is 3.03. The average molecular weight is 215 g/mol. The van der Waals surface area contributed by atoms with Crippen molar-refractivity contribution >= 4 is 5.69 Å².